The summed E-state index contributed by atoms with van der Waals surface area (Å²) in [5, 5.41) is 3.59. The van der Waals surface area contributed by atoms with Crippen molar-refractivity contribution in [3.63, 3.8) is 0 Å². The van der Waals surface area contributed by atoms with Crippen LogP contribution in [0.5, 0.6) is 5.75 Å². The zero-order chi connectivity index (χ0) is 27.6. The van der Waals surface area contributed by atoms with Gasteiger partial charge in [-0.1, -0.05) is 78.3 Å². The lowest BCUT2D eigenvalue weighted by atomic mass is 10.0. The van der Waals surface area contributed by atoms with Crippen LogP contribution >= 0.6 is 11.6 Å². The van der Waals surface area contributed by atoms with Crippen molar-refractivity contribution in [1.29, 1.82) is 0 Å². The first kappa shape index (κ1) is 27.9. The zero-order valence-corrected chi connectivity index (χ0v) is 22.4. The van der Waals surface area contributed by atoms with E-state index in [0.717, 1.165) is 28.0 Å². The third-order valence-electron chi connectivity index (χ3n) is 6.43. The minimum Gasteiger partial charge on any atom is -0.497 e. The number of rotatable bonds is 11. The van der Waals surface area contributed by atoms with Crippen molar-refractivity contribution in [3.8, 4) is 5.75 Å². The van der Waals surface area contributed by atoms with E-state index in [-0.39, 0.29) is 30.6 Å². The highest BCUT2D eigenvalue weighted by Crippen LogP contribution is 2.19. The molecule has 4 aromatic carbocycles. The summed E-state index contributed by atoms with van der Waals surface area (Å²) in [6.45, 7) is 0.448. The van der Waals surface area contributed by atoms with Crippen LogP contribution in [0.15, 0.2) is 103 Å². The highest BCUT2D eigenvalue weighted by Gasteiger charge is 2.30. The third kappa shape index (κ3) is 8.16. The number of nitrogens with one attached hydrogen (secondary N) is 1. The van der Waals surface area contributed by atoms with Crippen molar-refractivity contribution in [3.05, 3.63) is 136 Å². The van der Waals surface area contributed by atoms with Gasteiger partial charge in [-0.15, -0.1) is 0 Å². The van der Waals surface area contributed by atoms with Crippen molar-refractivity contribution < 1.29 is 18.7 Å². The molecule has 2 amide bonds. The Bertz CT molecular complexity index is 1360. The van der Waals surface area contributed by atoms with Gasteiger partial charge in [0.2, 0.25) is 11.8 Å². The normalized spacial score (nSPS) is 11.5. The quantitative estimate of drug-likeness (QED) is 0.252. The summed E-state index contributed by atoms with van der Waals surface area (Å²) in [6, 6.07) is 29.3. The molecule has 4 rings (SSSR count). The van der Waals surface area contributed by atoms with E-state index in [4.69, 9.17) is 16.3 Å². The van der Waals surface area contributed by atoms with Crippen LogP contribution < -0.4 is 10.1 Å². The molecule has 0 unspecified atom stereocenters. The molecular formula is C32H30ClFN2O3. The highest BCUT2D eigenvalue weighted by atomic mass is 35.5. The lowest BCUT2D eigenvalue weighted by Gasteiger charge is -2.32. The number of methoxy groups -OCH3 is 1. The molecule has 0 bridgehead atoms. The first-order valence-corrected chi connectivity index (χ1v) is 13.0. The molecule has 1 atom stereocenters. The summed E-state index contributed by atoms with van der Waals surface area (Å²) in [4.78, 5) is 29.1. The predicted octanol–water partition coefficient (Wildman–Crippen LogP) is 5.99. The fourth-order valence-electron chi connectivity index (χ4n) is 4.27. The number of benzene rings is 4. The molecule has 0 saturated carbocycles. The fraction of sp³-hybridized carbons (Fsp3) is 0.188. The number of carbonyl (C=O) groups excluding carboxylic acids is 2. The number of ether oxygens (including phenoxy) is 1. The average molecular weight is 545 g/mol. The van der Waals surface area contributed by atoms with Crippen molar-refractivity contribution >= 4 is 23.4 Å². The summed E-state index contributed by atoms with van der Waals surface area (Å²) < 4.78 is 18.8. The molecule has 0 fully saturated rings. The van der Waals surface area contributed by atoms with Crippen LogP contribution in [0.2, 0.25) is 5.02 Å². The van der Waals surface area contributed by atoms with Crippen LogP contribution in [0, 0.1) is 5.82 Å². The summed E-state index contributed by atoms with van der Waals surface area (Å²) >= 11 is 6.03. The maximum atomic E-state index is 13.8. The van der Waals surface area contributed by atoms with Gasteiger partial charge in [-0.2, -0.15) is 0 Å². The molecule has 0 aliphatic carbocycles. The Morgan fingerprint density at radius 2 is 1.44 bits per heavy atom. The minimum atomic E-state index is -0.796. The molecule has 0 heterocycles. The largest absolute Gasteiger partial charge is 0.497 e. The van der Waals surface area contributed by atoms with Crippen LogP contribution in [0.3, 0.4) is 0 Å². The standard InChI is InChI=1S/C32H30ClFN2O3/c1-39-29-17-11-25(12-18-29)21-35-32(38)30(19-23-5-3-2-4-6-23)36(22-26-9-15-28(34)16-10-26)31(37)20-24-7-13-27(33)14-8-24/h2-18,30H,19-22H2,1H3,(H,35,38)/t30-/m0/s1. The van der Waals surface area contributed by atoms with Crippen molar-refractivity contribution in [1.82, 2.24) is 10.2 Å². The van der Waals surface area contributed by atoms with Gasteiger partial charge in [-0.05, 0) is 58.7 Å². The van der Waals surface area contributed by atoms with Crippen LogP contribution in [0.4, 0.5) is 4.39 Å². The van der Waals surface area contributed by atoms with E-state index in [9.17, 15) is 14.0 Å². The SMILES string of the molecule is COc1ccc(CNC(=O)[C@H](Cc2ccccc2)N(Cc2ccc(F)cc2)C(=O)Cc2ccc(Cl)cc2)cc1. The molecule has 0 saturated heterocycles. The smallest absolute Gasteiger partial charge is 0.243 e. The van der Waals surface area contributed by atoms with Gasteiger partial charge in [0.05, 0.1) is 13.5 Å². The number of carbonyl (C=O) groups is 2. The van der Waals surface area contributed by atoms with Crippen LogP contribution in [-0.2, 0) is 35.5 Å². The molecular weight excluding hydrogens is 515 g/mol. The maximum Gasteiger partial charge on any atom is 0.243 e. The summed E-state index contributed by atoms with van der Waals surface area (Å²) in [6.07, 6.45) is 0.415. The van der Waals surface area contributed by atoms with Crippen LogP contribution in [0.25, 0.3) is 0 Å². The molecule has 0 aliphatic heterocycles. The fourth-order valence-corrected chi connectivity index (χ4v) is 4.40. The number of hydrogen-bond acceptors (Lipinski definition) is 3. The Kier molecular flexibility index (Phi) is 9.70. The van der Waals surface area contributed by atoms with Crippen molar-refractivity contribution in [2.24, 2.45) is 0 Å². The van der Waals surface area contributed by atoms with Gasteiger partial charge in [-0.25, -0.2) is 4.39 Å². The van der Waals surface area contributed by atoms with E-state index in [0.29, 0.717) is 18.0 Å². The summed E-state index contributed by atoms with van der Waals surface area (Å²) in [7, 11) is 1.60. The van der Waals surface area contributed by atoms with Gasteiger partial charge in [0.15, 0.2) is 0 Å². The van der Waals surface area contributed by atoms with Crippen LogP contribution in [-0.4, -0.2) is 29.9 Å². The summed E-state index contributed by atoms with van der Waals surface area (Å²) in [5.74, 6) is -0.135. The first-order valence-electron chi connectivity index (χ1n) is 12.6. The molecule has 7 heteroatoms. The lowest BCUT2D eigenvalue weighted by Crippen LogP contribution is -2.50. The molecule has 5 nitrogen and oxygen atoms in total. The van der Waals surface area contributed by atoms with E-state index in [1.54, 1.807) is 48.4 Å². The Labute approximate surface area is 233 Å². The second-order valence-electron chi connectivity index (χ2n) is 9.22. The predicted molar refractivity (Wildman–Crippen MR) is 151 cm³/mol. The number of nitrogens with zero attached hydrogens (tertiary/aromatic N) is 1. The monoisotopic (exact) mass is 544 g/mol. The Hall–Kier alpha value is -4.16. The second kappa shape index (κ2) is 13.6. The van der Waals surface area contributed by atoms with Gasteiger partial charge in [-0.3, -0.25) is 9.59 Å². The van der Waals surface area contributed by atoms with E-state index in [2.05, 4.69) is 5.32 Å². The van der Waals surface area contributed by atoms with Crippen molar-refractivity contribution in [2.75, 3.05) is 7.11 Å². The Balaban J connectivity index is 1.62. The first-order chi connectivity index (χ1) is 18.9. The maximum absolute atomic E-state index is 13.8. The number of amides is 2. The second-order valence-corrected chi connectivity index (χ2v) is 9.66. The van der Waals surface area contributed by atoms with Gasteiger partial charge in [0, 0.05) is 24.5 Å². The zero-order valence-electron chi connectivity index (χ0n) is 21.6. The lowest BCUT2D eigenvalue weighted by molar-refractivity contribution is -0.140. The van der Waals surface area contributed by atoms with Gasteiger partial charge >= 0.3 is 0 Å². The molecule has 0 aromatic heterocycles. The van der Waals surface area contributed by atoms with E-state index >= 15 is 0 Å². The molecule has 0 radical (unpaired) electrons. The molecule has 200 valence electrons. The molecule has 4 aromatic rings. The topological polar surface area (TPSA) is 58.6 Å². The Morgan fingerprint density at radius 3 is 2.08 bits per heavy atom. The Morgan fingerprint density at radius 1 is 0.821 bits per heavy atom. The van der Waals surface area contributed by atoms with Crippen molar-refractivity contribution in [2.45, 2.75) is 32.0 Å². The molecule has 39 heavy (non-hydrogen) atoms. The number of hydrogen-bond donors (Lipinski definition) is 1. The minimum absolute atomic E-state index is 0.0927. The third-order valence-corrected chi connectivity index (χ3v) is 6.68. The average Bonchev–Trinajstić information content (AvgIpc) is 2.96. The molecule has 0 spiro atoms. The van der Waals surface area contributed by atoms with Gasteiger partial charge in [0.1, 0.15) is 17.6 Å². The van der Waals surface area contributed by atoms with Gasteiger partial charge < -0.3 is 15.0 Å². The highest BCUT2D eigenvalue weighted by molar-refractivity contribution is 6.30. The van der Waals surface area contributed by atoms with E-state index < -0.39 is 6.04 Å². The van der Waals surface area contributed by atoms with E-state index in [1.807, 2.05) is 54.6 Å². The van der Waals surface area contributed by atoms with Gasteiger partial charge in [0.25, 0.3) is 0 Å². The van der Waals surface area contributed by atoms with E-state index in [1.165, 1.54) is 12.1 Å². The molecule has 1 N–H and O–H groups in total. The van der Waals surface area contributed by atoms with Crippen LogP contribution in [0.1, 0.15) is 22.3 Å². The molecule has 0 aliphatic rings. The summed E-state index contributed by atoms with van der Waals surface area (Å²) in [5.41, 5.74) is 3.33. The number of halogens is 2.